The summed E-state index contributed by atoms with van der Waals surface area (Å²) in [5.74, 6) is 0. The van der Waals surface area contributed by atoms with E-state index in [1.165, 1.54) is 12.5 Å². The first-order valence-corrected chi connectivity index (χ1v) is 1.38. The van der Waals surface area contributed by atoms with Crippen LogP contribution in [0.1, 0.15) is 0 Å². The van der Waals surface area contributed by atoms with Gasteiger partial charge in [0, 0.05) is 17.1 Å². The van der Waals surface area contributed by atoms with Gasteiger partial charge in [0.1, 0.15) is 12.5 Å². The third-order valence-corrected chi connectivity index (χ3v) is 0.384. The number of hydrogen-bond donors (Lipinski definition) is 0. The standard InChI is InChI=1S/C3H4O2.Cu/c1-2-5-3-4-1;/h1-2H,3H2;. The van der Waals surface area contributed by atoms with E-state index < -0.39 is 0 Å². The summed E-state index contributed by atoms with van der Waals surface area (Å²) in [6.45, 7) is 0.389. The van der Waals surface area contributed by atoms with Crippen molar-refractivity contribution in [1.82, 2.24) is 0 Å². The van der Waals surface area contributed by atoms with Crippen LogP contribution in [0, 0.1) is 0 Å². The van der Waals surface area contributed by atoms with Crippen LogP contribution < -0.4 is 0 Å². The van der Waals surface area contributed by atoms with Crippen molar-refractivity contribution in [2.45, 2.75) is 0 Å². The molecule has 1 aliphatic heterocycles. The molecule has 0 aliphatic carbocycles. The molecule has 2 nitrogen and oxygen atoms in total. The zero-order chi connectivity index (χ0) is 3.54. The molecule has 0 saturated heterocycles. The van der Waals surface area contributed by atoms with Gasteiger partial charge in [-0.15, -0.1) is 0 Å². The van der Waals surface area contributed by atoms with Crippen molar-refractivity contribution in [1.29, 1.82) is 0 Å². The zero-order valence-electron chi connectivity index (χ0n) is 2.98. The van der Waals surface area contributed by atoms with Crippen LogP contribution in [0.3, 0.4) is 0 Å². The van der Waals surface area contributed by atoms with E-state index in [0.29, 0.717) is 6.79 Å². The molecule has 0 atom stereocenters. The molecule has 0 spiro atoms. The van der Waals surface area contributed by atoms with Crippen LogP contribution in [0.25, 0.3) is 0 Å². The summed E-state index contributed by atoms with van der Waals surface area (Å²) >= 11 is 0. The second-order valence-corrected chi connectivity index (χ2v) is 0.723. The molecule has 0 aromatic carbocycles. The van der Waals surface area contributed by atoms with E-state index in [9.17, 15) is 0 Å². The maximum Gasteiger partial charge on any atom is 0.229 e. The molecule has 0 N–H and O–H groups in total. The molecule has 0 unspecified atom stereocenters. The van der Waals surface area contributed by atoms with E-state index in [0.717, 1.165) is 0 Å². The average molecular weight is 136 g/mol. The van der Waals surface area contributed by atoms with Crippen molar-refractivity contribution >= 4 is 0 Å². The molecule has 0 amide bonds. The fraction of sp³-hybridized carbons (Fsp3) is 0.333. The SMILES string of the molecule is C1=COCO1.[Cu]. The van der Waals surface area contributed by atoms with Gasteiger partial charge in [0.05, 0.1) is 0 Å². The molecule has 0 bridgehead atoms. The fourth-order valence-electron chi connectivity index (χ4n) is 0.196. The van der Waals surface area contributed by atoms with Gasteiger partial charge in [-0.05, 0) is 0 Å². The van der Waals surface area contributed by atoms with E-state index >= 15 is 0 Å². The van der Waals surface area contributed by atoms with Crippen LogP contribution >= 0.6 is 0 Å². The number of rotatable bonds is 0. The van der Waals surface area contributed by atoms with Gasteiger partial charge in [-0.25, -0.2) is 0 Å². The summed E-state index contributed by atoms with van der Waals surface area (Å²) in [5, 5.41) is 0. The first kappa shape index (κ1) is 5.86. The Morgan fingerprint density at radius 3 is 1.83 bits per heavy atom. The maximum absolute atomic E-state index is 4.54. The van der Waals surface area contributed by atoms with Crippen LogP contribution in [0.5, 0.6) is 0 Å². The molecule has 0 saturated carbocycles. The number of hydrogen-bond acceptors (Lipinski definition) is 2. The third-order valence-electron chi connectivity index (χ3n) is 0.384. The molecule has 0 aromatic heterocycles. The second kappa shape index (κ2) is 3.07. The Bertz CT molecular complexity index is 46.8. The van der Waals surface area contributed by atoms with Crippen molar-refractivity contribution in [2.24, 2.45) is 0 Å². The molecular weight excluding hydrogens is 132 g/mol. The van der Waals surface area contributed by atoms with E-state index in [1.54, 1.807) is 0 Å². The first-order valence-electron chi connectivity index (χ1n) is 1.38. The summed E-state index contributed by atoms with van der Waals surface area (Å²) in [7, 11) is 0. The molecule has 1 aliphatic rings. The quantitative estimate of drug-likeness (QED) is 0.450. The van der Waals surface area contributed by atoms with E-state index in [4.69, 9.17) is 0 Å². The Morgan fingerprint density at radius 1 is 1.17 bits per heavy atom. The first-order chi connectivity index (χ1) is 2.50. The minimum absolute atomic E-state index is 0. The summed E-state index contributed by atoms with van der Waals surface area (Å²) in [6.07, 6.45) is 3.03. The van der Waals surface area contributed by atoms with Crippen LogP contribution in [-0.2, 0) is 26.5 Å². The minimum Gasteiger partial charge on any atom is -0.462 e. The smallest absolute Gasteiger partial charge is 0.229 e. The van der Waals surface area contributed by atoms with Gasteiger partial charge in [-0.1, -0.05) is 0 Å². The van der Waals surface area contributed by atoms with Gasteiger partial charge < -0.3 is 9.47 Å². The molecule has 1 rings (SSSR count). The van der Waals surface area contributed by atoms with E-state index in [1.807, 2.05) is 0 Å². The van der Waals surface area contributed by atoms with Crippen molar-refractivity contribution < 1.29 is 26.5 Å². The van der Waals surface area contributed by atoms with Crippen molar-refractivity contribution in [3.05, 3.63) is 12.5 Å². The summed E-state index contributed by atoms with van der Waals surface area (Å²) in [6, 6.07) is 0. The fourth-order valence-corrected chi connectivity index (χ4v) is 0.196. The normalized spacial score (nSPS) is 14.7. The van der Waals surface area contributed by atoms with Crippen molar-refractivity contribution in [2.75, 3.05) is 6.79 Å². The minimum atomic E-state index is 0. The Kier molecular flexibility index (Phi) is 2.99. The molecule has 0 aromatic rings. The third kappa shape index (κ3) is 1.34. The molecule has 0 fully saturated rings. The molecule has 39 valence electrons. The van der Waals surface area contributed by atoms with Gasteiger partial charge in [-0.3, -0.25) is 0 Å². The van der Waals surface area contributed by atoms with Gasteiger partial charge in [0.2, 0.25) is 6.79 Å². The molecule has 3 heteroatoms. The van der Waals surface area contributed by atoms with Gasteiger partial charge in [0.25, 0.3) is 0 Å². The van der Waals surface area contributed by atoms with Gasteiger partial charge in [0.15, 0.2) is 0 Å². The van der Waals surface area contributed by atoms with Crippen molar-refractivity contribution in [3.63, 3.8) is 0 Å². The Labute approximate surface area is 46.6 Å². The topological polar surface area (TPSA) is 18.5 Å². The van der Waals surface area contributed by atoms with Crippen LogP contribution in [0.15, 0.2) is 12.5 Å². The molecule has 1 heterocycles. The van der Waals surface area contributed by atoms with Crippen LogP contribution in [0.4, 0.5) is 0 Å². The zero-order valence-corrected chi connectivity index (χ0v) is 3.92. The average Bonchev–Trinajstić information content (AvgIpc) is 1.76. The number of ether oxygens (including phenoxy) is 2. The molecular formula is C3H4CuO2. The maximum atomic E-state index is 4.54. The Hall–Kier alpha value is -0.141. The Balaban J connectivity index is 0.000000250. The molecule has 1 radical (unpaired) electrons. The van der Waals surface area contributed by atoms with Gasteiger partial charge in [-0.2, -0.15) is 0 Å². The van der Waals surface area contributed by atoms with Crippen LogP contribution in [-0.4, -0.2) is 6.79 Å². The van der Waals surface area contributed by atoms with Crippen molar-refractivity contribution in [3.8, 4) is 0 Å². The van der Waals surface area contributed by atoms with E-state index in [2.05, 4.69) is 9.47 Å². The second-order valence-electron chi connectivity index (χ2n) is 0.723. The Morgan fingerprint density at radius 2 is 1.67 bits per heavy atom. The largest absolute Gasteiger partial charge is 0.462 e. The summed E-state index contributed by atoms with van der Waals surface area (Å²) in [5.41, 5.74) is 0. The monoisotopic (exact) mass is 135 g/mol. The predicted octanol–water partition coefficient (Wildman–Crippen LogP) is 0.459. The van der Waals surface area contributed by atoms with Crippen LogP contribution in [0.2, 0.25) is 0 Å². The molecule has 6 heavy (non-hydrogen) atoms. The predicted molar refractivity (Wildman–Crippen MR) is 16.2 cm³/mol. The van der Waals surface area contributed by atoms with Gasteiger partial charge >= 0.3 is 0 Å². The summed E-state index contributed by atoms with van der Waals surface area (Å²) < 4.78 is 9.08. The summed E-state index contributed by atoms with van der Waals surface area (Å²) in [4.78, 5) is 0. The van der Waals surface area contributed by atoms with E-state index in [-0.39, 0.29) is 17.1 Å².